The highest BCUT2D eigenvalue weighted by Gasteiger charge is 2.31. The normalized spacial score (nSPS) is 11.9. The van der Waals surface area contributed by atoms with Crippen molar-refractivity contribution in [1.29, 1.82) is 0 Å². The molecule has 0 aliphatic heterocycles. The van der Waals surface area contributed by atoms with Crippen LogP contribution in [0.3, 0.4) is 0 Å². The number of imidazole rings is 1. The minimum atomic E-state index is -0.0273. The molecule has 0 spiro atoms. The number of nitrogens with one attached hydrogen (secondary N) is 1. The van der Waals surface area contributed by atoms with Crippen LogP contribution in [-0.2, 0) is 6.54 Å². The Labute approximate surface area is 178 Å². The third-order valence-electron chi connectivity index (χ3n) is 5.13. The number of carbonyl (C=O) groups is 1. The first-order valence-corrected chi connectivity index (χ1v) is 9.77. The summed E-state index contributed by atoms with van der Waals surface area (Å²) in [5.74, 6) is 1.28. The molecule has 7 heteroatoms. The predicted molar refractivity (Wildman–Crippen MR) is 116 cm³/mol. The Morgan fingerprint density at radius 2 is 1.97 bits per heavy atom. The molecule has 2 heterocycles. The highest BCUT2D eigenvalue weighted by atomic mass is 35.5. The van der Waals surface area contributed by atoms with Crippen LogP contribution in [0.1, 0.15) is 21.5 Å². The van der Waals surface area contributed by atoms with Crippen LogP contribution in [0.2, 0.25) is 5.02 Å². The molecule has 148 valence electrons. The van der Waals surface area contributed by atoms with E-state index in [1.54, 1.807) is 19.6 Å². The van der Waals surface area contributed by atoms with Crippen molar-refractivity contribution in [2.75, 3.05) is 12.4 Å². The summed E-state index contributed by atoms with van der Waals surface area (Å²) in [6.07, 6.45) is 5.20. The van der Waals surface area contributed by atoms with Gasteiger partial charge in [-0.15, -0.1) is 0 Å². The number of hydrogen-bond donors (Lipinski definition) is 1. The zero-order valence-electron chi connectivity index (χ0n) is 16.1. The Morgan fingerprint density at radius 1 is 1.13 bits per heavy atom. The standard InChI is InChI=1S/C23H17ClN4O2/c1-30-19-7-6-14(10-17(19)24)12-26-18-11-20(28-9-8-25-13-28)27-22-15-4-2-3-5-16(15)23(29)21(18)22/h2-11,13H,12H2,1H3,(H,26,27). The van der Waals surface area contributed by atoms with Gasteiger partial charge >= 0.3 is 0 Å². The zero-order valence-corrected chi connectivity index (χ0v) is 16.8. The van der Waals surface area contributed by atoms with E-state index < -0.39 is 0 Å². The van der Waals surface area contributed by atoms with E-state index >= 15 is 0 Å². The molecule has 1 N–H and O–H groups in total. The van der Waals surface area contributed by atoms with Gasteiger partial charge in [-0.3, -0.25) is 9.36 Å². The number of ether oxygens (including phenoxy) is 1. The summed E-state index contributed by atoms with van der Waals surface area (Å²) in [6, 6.07) is 15.0. The molecule has 0 fully saturated rings. The number of benzene rings is 2. The van der Waals surface area contributed by atoms with Crippen molar-refractivity contribution < 1.29 is 9.53 Å². The van der Waals surface area contributed by atoms with Gasteiger partial charge in [0.25, 0.3) is 0 Å². The third-order valence-corrected chi connectivity index (χ3v) is 5.42. The van der Waals surface area contributed by atoms with E-state index in [2.05, 4.69) is 10.3 Å². The van der Waals surface area contributed by atoms with Gasteiger partial charge in [0.2, 0.25) is 0 Å². The number of hydrogen-bond acceptors (Lipinski definition) is 5. The summed E-state index contributed by atoms with van der Waals surface area (Å²) in [4.78, 5) is 22.0. The molecular formula is C23H17ClN4O2. The van der Waals surface area contributed by atoms with Crippen molar-refractivity contribution in [2.24, 2.45) is 0 Å². The molecule has 0 amide bonds. The van der Waals surface area contributed by atoms with Crippen LogP contribution in [0.25, 0.3) is 17.1 Å². The Hall–Kier alpha value is -3.64. The van der Waals surface area contributed by atoms with Crippen LogP contribution in [0.15, 0.2) is 67.3 Å². The van der Waals surface area contributed by atoms with Crippen LogP contribution < -0.4 is 10.1 Å². The lowest BCUT2D eigenvalue weighted by Gasteiger charge is -2.14. The van der Waals surface area contributed by atoms with Crippen molar-refractivity contribution in [3.05, 3.63) is 89.0 Å². The highest BCUT2D eigenvalue weighted by Crippen LogP contribution is 2.40. The molecule has 4 aromatic rings. The van der Waals surface area contributed by atoms with Crippen LogP contribution in [0.4, 0.5) is 5.69 Å². The van der Waals surface area contributed by atoms with Crippen molar-refractivity contribution >= 4 is 23.1 Å². The molecule has 5 rings (SSSR count). The smallest absolute Gasteiger partial charge is 0.197 e. The molecule has 2 aromatic heterocycles. The lowest BCUT2D eigenvalue weighted by atomic mass is 10.1. The number of rotatable bonds is 5. The summed E-state index contributed by atoms with van der Waals surface area (Å²) < 4.78 is 7.04. The number of aromatic nitrogens is 3. The first-order valence-electron chi connectivity index (χ1n) is 9.39. The second kappa shape index (κ2) is 7.31. The van der Waals surface area contributed by atoms with E-state index in [0.717, 1.165) is 16.8 Å². The van der Waals surface area contributed by atoms with E-state index in [1.165, 1.54) is 0 Å². The lowest BCUT2D eigenvalue weighted by molar-refractivity contribution is 0.104. The number of carbonyl (C=O) groups excluding carboxylic acids is 1. The Morgan fingerprint density at radius 3 is 2.70 bits per heavy atom. The SMILES string of the molecule is COc1ccc(CNc2cc(-n3ccnc3)nc3c2C(=O)c2ccccc2-3)cc1Cl. The zero-order chi connectivity index (χ0) is 20.7. The molecule has 0 radical (unpaired) electrons. The maximum absolute atomic E-state index is 13.1. The van der Waals surface area contributed by atoms with Gasteiger partial charge in [-0.1, -0.05) is 41.9 Å². The largest absolute Gasteiger partial charge is 0.495 e. The lowest BCUT2D eigenvalue weighted by Crippen LogP contribution is -2.08. The number of methoxy groups -OCH3 is 1. The molecule has 6 nitrogen and oxygen atoms in total. The molecule has 0 atom stereocenters. The summed E-state index contributed by atoms with van der Waals surface area (Å²) in [6.45, 7) is 0.493. The highest BCUT2D eigenvalue weighted by molar-refractivity contribution is 6.32. The van der Waals surface area contributed by atoms with Crippen molar-refractivity contribution in [2.45, 2.75) is 6.54 Å². The Bertz CT molecular complexity index is 1270. The van der Waals surface area contributed by atoms with Gasteiger partial charge in [0, 0.05) is 36.1 Å². The number of fused-ring (bicyclic) bond motifs is 3. The summed E-state index contributed by atoms with van der Waals surface area (Å²) in [5, 5.41) is 3.94. The van der Waals surface area contributed by atoms with Gasteiger partial charge in [0.15, 0.2) is 5.78 Å². The van der Waals surface area contributed by atoms with E-state index in [1.807, 2.05) is 59.3 Å². The number of halogens is 1. The fourth-order valence-electron chi connectivity index (χ4n) is 3.66. The third kappa shape index (κ3) is 3.02. The van der Waals surface area contributed by atoms with Crippen molar-refractivity contribution in [1.82, 2.24) is 14.5 Å². The van der Waals surface area contributed by atoms with Crippen LogP contribution >= 0.6 is 11.6 Å². The van der Waals surface area contributed by atoms with Crippen LogP contribution in [0.5, 0.6) is 5.75 Å². The summed E-state index contributed by atoms with van der Waals surface area (Å²) in [5.41, 5.74) is 4.46. The Balaban J connectivity index is 1.57. The van der Waals surface area contributed by atoms with Crippen LogP contribution in [-0.4, -0.2) is 27.4 Å². The molecule has 0 unspecified atom stereocenters. The topological polar surface area (TPSA) is 69.0 Å². The molecule has 30 heavy (non-hydrogen) atoms. The maximum atomic E-state index is 13.1. The van der Waals surface area contributed by atoms with Gasteiger partial charge in [-0.05, 0) is 17.7 Å². The maximum Gasteiger partial charge on any atom is 0.197 e. The minimum Gasteiger partial charge on any atom is -0.495 e. The van der Waals surface area contributed by atoms with Gasteiger partial charge in [-0.2, -0.15) is 0 Å². The van der Waals surface area contributed by atoms with Crippen LogP contribution in [0, 0.1) is 0 Å². The van der Waals surface area contributed by atoms with Gasteiger partial charge < -0.3 is 10.1 Å². The first-order chi connectivity index (χ1) is 14.7. The predicted octanol–water partition coefficient (Wildman–Crippen LogP) is 4.75. The molecular weight excluding hydrogens is 400 g/mol. The number of nitrogens with zero attached hydrogens (tertiary/aromatic N) is 3. The number of ketones is 1. The number of pyridine rings is 1. The average molecular weight is 417 g/mol. The molecule has 1 aliphatic rings. The van der Waals surface area contributed by atoms with Gasteiger partial charge in [0.1, 0.15) is 17.9 Å². The van der Waals surface area contributed by atoms with E-state index in [4.69, 9.17) is 21.3 Å². The second-order valence-electron chi connectivity index (χ2n) is 6.92. The Kier molecular flexibility index (Phi) is 4.48. The van der Waals surface area contributed by atoms with Crippen molar-refractivity contribution in [3.63, 3.8) is 0 Å². The summed E-state index contributed by atoms with van der Waals surface area (Å²) >= 11 is 6.25. The second-order valence-corrected chi connectivity index (χ2v) is 7.33. The summed E-state index contributed by atoms with van der Waals surface area (Å²) in [7, 11) is 1.58. The van der Waals surface area contributed by atoms with E-state index in [-0.39, 0.29) is 5.78 Å². The van der Waals surface area contributed by atoms with E-state index in [9.17, 15) is 4.79 Å². The molecule has 0 saturated heterocycles. The fourth-order valence-corrected chi connectivity index (χ4v) is 3.94. The van der Waals surface area contributed by atoms with Gasteiger partial charge in [0.05, 0.1) is 29.1 Å². The quantitative estimate of drug-likeness (QED) is 0.447. The molecule has 1 aliphatic carbocycles. The van der Waals surface area contributed by atoms with Gasteiger partial charge in [-0.25, -0.2) is 9.97 Å². The monoisotopic (exact) mass is 416 g/mol. The first kappa shape index (κ1) is 18.4. The average Bonchev–Trinajstić information content (AvgIpc) is 3.40. The number of anilines is 1. The molecule has 2 aromatic carbocycles. The molecule has 0 bridgehead atoms. The van der Waals surface area contributed by atoms with Crippen molar-refractivity contribution in [3.8, 4) is 22.8 Å². The fraction of sp³-hybridized carbons (Fsp3) is 0.0870. The minimum absolute atomic E-state index is 0.0273. The molecule has 0 saturated carbocycles. The van der Waals surface area contributed by atoms with E-state index in [0.29, 0.717) is 40.0 Å².